The molecule has 0 amide bonds. The van der Waals surface area contributed by atoms with Crippen LogP contribution in [0.5, 0.6) is 0 Å². The minimum atomic E-state index is -4.56. The van der Waals surface area contributed by atoms with Gasteiger partial charge in [0.25, 0.3) is 0 Å². The van der Waals surface area contributed by atoms with E-state index in [9.17, 15) is 12.3 Å². The van der Waals surface area contributed by atoms with E-state index in [2.05, 4.69) is 0 Å². The van der Waals surface area contributed by atoms with Gasteiger partial charge in [-0.15, -0.1) is 3.89 Å². The Labute approximate surface area is 84.1 Å². The van der Waals surface area contributed by atoms with Crippen molar-refractivity contribution >= 4 is 32.8 Å². The van der Waals surface area contributed by atoms with Gasteiger partial charge < -0.3 is 0 Å². The summed E-state index contributed by atoms with van der Waals surface area (Å²) >= 11 is 1.93. The number of hydrogen-bond donors (Lipinski definition) is 0. The van der Waals surface area contributed by atoms with E-state index < -0.39 is 10.2 Å². The quantitative estimate of drug-likeness (QED) is 0.589. The maximum absolute atomic E-state index is 12.5. The van der Waals surface area contributed by atoms with Crippen molar-refractivity contribution in [3.63, 3.8) is 0 Å². The summed E-state index contributed by atoms with van der Waals surface area (Å²) in [5, 5.41) is 0. The van der Waals surface area contributed by atoms with Crippen LogP contribution in [0.4, 0.5) is 3.89 Å². The number of halogens is 2. The van der Waals surface area contributed by atoms with Crippen molar-refractivity contribution < 1.29 is 12.3 Å². The van der Waals surface area contributed by atoms with Gasteiger partial charge in [-0.3, -0.25) is 0 Å². The Kier molecular flexibility index (Phi) is 2.72. The summed E-state index contributed by atoms with van der Waals surface area (Å²) in [7, 11) is -4.56. The van der Waals surface area contributed by atoms with Gasteiger partial charge in [0.05, 0.1) is 0 Å². The molecule has 0 spiro atoms. The van der Waals surface area contributed by atoms with Crippen molar-refractivity contribution in [2.24, 2.45) is 0 Å². The summed E-state index contributed by atoms with van der Waals surface area (Å²) in [6, 6.07) is 4.62. The van der Waals surface area contributed by atoms with Crippen molar-refractivity contribution in [1.82, 2.24) is 0 Å². The number of rotatable bonds is 1. The third kappa shape index (κ3) is 2.16. The van der Waals surface area contributed by atoms with Gasteiger partial charge in [-0.2, -0.15) is 8.42 Å². The van der Waals surface area contributed by atoms with E-state index in [0.29, 0.717) is 9.13 Å². The molecule has 0 radical (unpaired) electrons. The molecular weight excluding hydrogens is 294 g/mol. The highest BCUT2D eigenvalue weighted by Gasteiger charge is 2.14. The second-order valence-electron chi connectivity index (χ2n) is 2.35. The van der Waals surface area contributed by atoms with Crippen LogP contribution in [0.25, 0.3) is 0 Å². The first-order valence-electron chi connectivity index (χ1n) is 3.12. The normalized spacial score (nSPS) is 11.6. The number of aryl methyl sites for hydroxylation is 1. The van der Waals surface area contributed by atoms with Crippen molar-refractivity contribution in [3.8, 4) is 0 Å². The van der Waals surface area contributed by atoms with Gasteiger partial charge in [0.1, 0.15) is 4.90 Å². The molecule has 0 unspecified atom stereocenters. The summed E-state index contributed by atoms with van der Waals surface area (Å²) in [6.45, 7) is 1.56. The predicted octanol–water partition coefficient (Wildman–Crippen LogP) is 2.26. The maximum atomic E-state index is 12.5. The standard InChI is InChI=1S/C7H6FIO2S/c1-5-2-3-6(9)4-7(5)12(8,10)11/h2-4H,1H3. The Morgan fingerprint density at radius 2 is 2.00 bits per heavy atom. The van der Waals surface area contributed by atoms with Crippen molar-refractivity contribution in [1.29, 1.82) is 0 Å². The Bertz CT molecular complexity index is 400. The monoisotopic (exact) mass is 300 g/mol. The lowest BCUT2D eigenvalue weighted by atomic mass is 10.2. The first-order chi connectivity index (χ1) is 5.41. The Hall–Kier alpha value is -0.170. The molecule has 0 heterocycles. The molecule has 0 N–H and O–H groups in total. The Morgan fingerprint density at radius 1 is 1.42 bits per heavy atom. The van der Waals surface area contributed by atoms with Crippen molar-refractivity contribution in [2.75, 3.05) is 0 Å². The first kappa shape index (κ1) is 9.91. The predicted molar refractivity (Wildman–Crippen MR) is 52.2 cm³/mol. The zero-order valence-electron chi connectivity index (χ0n) is 6.21. The lowest BCUT2D eigenvalue weighted by Crippen LogP contribution is -1.95. The third-order valence-corrected chi connectivity index (χ3v) is 3.05. The van der Waals surface area contributed by atoms with Crippen LogP contribution in [0.2, 0.25) is 0 Å². The van der Waals surface area contributed by atoms with Crippen LogP contribution >= 0.6 is 22.6 Å². The molecule has 1 rings (SSSR count). The molecular formula is C7H6FIO2S. The maximum Gasteiger partial charge on any atom is 0.332 e. The fourth-order valence-corrected chi connectivity index (χ4v) is 2.26. The number of benzene rings is 1. The average molecular weight is 300 g/mol. The van der Waals surface area contributed by atoms with E-state index in [0.717, 1.165) is 0 Å². The van der Waals surface area contributed by atoms with E-state index >= 15 is 0 Å². The highest BCUT2D eigenvalue weighted by molar-refractivity contribution is 14.1. The van der Waals surface area contributed by atoms with Gasteiger partial charge in [-0.05, 0) is 47.2 Å². The zero-order chi connectivity index (χ0) is 9.35. The molecule has 5 heteroatoms. The molecule has 1 aromatic rings. The minimum absolute atomic E-state index is 0.241. The largest absolute Gasteiger partial charge is 0.332 e. The molecule has 0 fully saturated rings. The highest BCUT2D eigenvalue weighted by Crippen LogP contribution is 2.19. The van der Waals surface area contributed by atoms with Crippen LogP contribution in [-0.2, 0) is 10.2 Å². The average Bonchev–Trinajstić information content (AvgIpc) is 1.92. The lowest BCUT2D eigenvalue weighted by Gasteiger charge is -2.00. The molecule has 0 aliphatic heterocycles. The molecule has 1 aromatic carbocycles. The molecule has 0 aromatic heterocycles. The van der Waals surface area contributed by atoms with Crippen molar-refractivity contribution in [2.45, 2.75) is 11.8 Å². The summed E-state index contributed by atoms with van der Waals surface area (Å²) < 4.78 is 34.3. The summed E-state index contributed by atoms with van der Waals surface area (Å²) in [5.41, 5.74) is 0.429. The lowest BCUT2D eigenvalue weighted by molar-refractivity contribution is 0.551. The number of hydrogen-bond acceptors (Lipinski definition) is 2. The topological polar surface area (TPSA) is 34.1 Å². The fraction of sp³-hybridized carbons (Fsp3) is 0.143. The summed E-state index contributed by atoms with van der Waals surface area (Å²) in [4.78, 5) is -0.241. The molecule has 66 valence electrons. The van der Waals surface area contributed by atoms with Crippen LogP contribution in [0.1, 0.15) is 5.56 Å². The summed E-state index contributed by atoms with van der Waals surface area (Å²) in [6.07, 6.45) is 0. The van der Waals surface area contributed by atoms with E-state index in [4.69, 9.17) is 0 Å². The van der Waals surface area contributed by atoms with Crippen LogP contribution in [0.3, 0.4) is 0 Å². The highest BCUT2D eigenvalue weighted by atomic mass is 127. The SMILES string of the molecule is Cc1ccc(I)cc1S(=O)(=O)F. The minimum Gasteiger partial charge on any atom is -0.189 e. The second kappa shape index (κ2) is 3.29. The third-order valence-electron chi connectivity index (χ3n) is 1.41. The Balaban J connectivity index is 3.43. The van der Waals surface area contributed by atoms with Gasteiger partial charge in [0, 0.05) is 3.57 Å². The van der Waals surface area contributed by atoms with Gasteiger partial charge in [-0.25, -0.2) is 0 Å². The molecule has 0 atom stereocenters. The van der Waals surface area contributed by atoms with Crippen LogP contribution in [0, 0.1) is 10.5 Å². The van der Waals surface area contributed by atoms with E-state index in [1.807, 2.05) is 22.6 Å². The van der Waals surface area contributed by atoms with Crippen LogP contribution < -0.4 is 0 Å². The summed E-state index contributed by atoms with van der Waals surface area (Å²) in [5.74, 6) is 0. The second-order valence-corrected chi connectivity index (χ2v) is 4.91. The van der Waals surface area contributed by atoms with Crippen LogP contribution in [-0.4, -0.2) is 8.42 Å². The molecule has 0 saturated heterocycles. The van der Waals surface area contributed by atoms with Gasteiger partial charge in [0.15, 0.2) is 0 Å². The smallest absolute Gasteiger partial charge is 0.189 e. The molecule has 0 aliphatic rings. The fourth-order valence-electron chi connectivity index (χ4n) is 0.837. The van der Waals surface area contributed by atoms with E-state index in [1.165, 1.54) is 6.07 Å². The Morgan fingerprint density at radius 3 is 2.42 bits per heavy atom. The van der Waals surface area contributed by atoms with Gasteiger partial charge >= 0.3 is 10.2 Å². The molecule has 2 nitrogen and oxygen atoms in total. The zero-order valence-corrected chi connectivity index (χ0v) is 9.19. The molecule has 0 saturated carbocycles. The van der Waals surface area contributed by atoms with Gasteiger partial charge in [-0.1, -0.05) is 6.07 Å². The van der Waals surface area contributed by atoms with E-state index in [-0.39, 0.29) is 4.90 Å². The molecule has 0 bridgehead atoms. The molecule has 12 heavy (non-hydrogen) atoms. The molecule has 0 aliphatic carbocycles. The van der Waals surface area contributed by atoms with Crippen LogP contribution in [0.15, 0.2) is 23.1 Å². The first-order valence-corrected chi connectivity index (χ1v) is 5.58. The van der Waals surface area contributed by atoms with E-state index in [1.54, 1.807) is 19.1 Å². The van der Waals surface area contributed by atoms with Gasteiger partial charge in [0.2, 0.25) is 0 Å². The van der Waals surface area contributed by atoms with Crippen molar-refractivity contribution in [3.05, 3.63) is 27.3 Å².